The Labute approximate surface area is 175 Å². The molecular weight excluding hydrogens is 384 g/mol. The summed E-state index contributed by atoms with van der Waals surface area (Å²) < 4.78 is 5.28. The first-order chi connectivity index (χ1) is 14.2. The van der Waals surface area contributed by atoms with Crippen LogP contribution in [0.2, 0.25) is 0 Å². The van der Waals surface area contributed by atoms with Gasteiger partial charge in [0, 0.05) is 32.4 Å². The van der Waals surface area contributed by atoms with Crippen molar-refractivity contribution in [2.45, 2.75) is 33.3 Å². The number of nitrogens with zero attached hydrogens (tertiary/aromatic N) is 6. The summed E-state index contributed by atoms with van der Waals surface area (Å²) in [5.41, 5.74) is 1.97. The van der Waals surface area contributed by atoms with Gasteiger partial charge in [-0.15, -0.1) is 10.2 Å². The van der Waals surface area contributed by atoms with Crippen molar-refractivity contribution in [1.82, 2.24) is 20.1 Å². The molecule has 0 spiro atoms. The van der Waals surface area contributed by atoms with Crippen LogP contribution in [-0.4, -0.2) is 70.4 Å². The van der Waals surface area contributed by atoms with Gasteiger partial charge >= 0.3 is 6.09 Å². The number of aromatic nitrogens is 3. The zero-order valence-corrected chi connectivity index (χ0v) is 17.8. The number of anilines is 2. The molecule has 30 heavy (non-hydrogen) atoms. The fourth-order valence-electron chi connectivity index (χ4n) is 3.85. The standard InChI is InChI=1S/C21H26N6O3/c1-14-11-15(2)18(22-12-14)25-7-9-26(10-8-25)19(28)16-5-6-17(24-23-16)27-13-21(3,4)30-20(27)29/h5-6,11-12H,7-10,13H2,1-4H3. The lowest BCUT2D eigenvalue weighted by Gasteiger charge is -2.35. The van der Waals surface area contributed by atoms with E-state index in [2.05, 4.69) is 33.1 Å². The van der Waals surface area contributed by atoms with Crippen LogP contribution in [0.15, 0.2) is 24.4 Å². The van der Waals surface area contributed by atoms with Crippen LogP contribution >= 0.6 is 0 Å². The molecule has 2 fully saturated rings. The number of pyridine rings is 1. The first-order valence-corrected chi connectivity index (χ1v) is 10.1. The van der Waals surface area contributed by atoms with Gasteiger partial charge in [-0.1, -0.05) is 6.07 Å². The molecule has 2 aromatic rings. The Morgan fingerprint density at radius 3 is 2.40 bits per heavy atom. The second kappa shape index (κ2) is 7.55. The second-order valence-electron chi connectivity index (χ2n) is 8.42. The van der Waals surface area contributed by atoms with E-state index in [0.29, 0.717) is 38.5 Å². The van der Waals surface area contributed by atoms with Crippen molar-refractivity contribution >= 4 is 23.6 Å². The van der Waals surface area contributed by atoms with Gasteiger partial charge in [-0.3, -0.25) is 9.69 Å². The van der Waals surface area contributed by atoms with Gasteiger partial charge in [0.15, 0.2) is 11.5 Å². The third-order valence-electron chi connectivity index (χ3n) is 5.32. The molecule has 0 bridgehead atoms. The van der Waals surface area contributed by atoms with Gasteiger partial charge in [0.2, 0.25) is 0 Å². The average molecular weight is 410 g/mol. The SMILES string of the molecule is Cc1cnc(N2CCN(C(=O)c3ccc(N4CC(C)(C)OC4=O)nn3)CC2)c(C)c1. The predicted molar refractivity (Wildman–Crippen MR) is 112 cm³/mol. The molecule has 0 aliphatic carbocycles. The monoisotopic (exact) mass is 410 g/mol. The summed E-state index contributed by atoms with van der Waals surface area (Å²) in [6.45, 7) is 10.7. The number of piperazine rings is 1. The van der Waals surface area contributed by atoms with Crippen molar-refractivity contribution in [3.63, 3.8) is 0 Å². The molecule has 9 heteroatoms. The topological polar surface area (TPSA) is 91.8 Å². The van der Waals surface area contributed by atoms with E-state index >= 15 is 0 Å². The summed E-state index contributed by atoms with van der Waals surface area (Å²) >= 11 is 0. The van der Waals surface area contributed by atoms with E-state index in [1.807, 2.05) is 27.0 Å². The molecule has 2 aliphatic rings. The number of hydrogen-bond donors (Lipinski definition) is 0. The van der Waals surface area contributed by atoms with E-state index in [1.165, 1.54) is 4.90 Å². The summed E-state index contributed by atoms with van der Waals surface area (Å²) in [4.78, 5) is 34.8. The quantitative estimate of drug-likeness (QED) is 0.766. The third-order valence-corrected chi connectivity index (χ3v) is 5.32. The summed E-state index contributed by atoms with van der Waals surface area (Å²) in [6.07, 6.45) is 1.42. The highest BCUT2D eigenvalue weighted by Crippen LogP contribution is 2.26. The Kier molecular flexibility index (Phi) is 5.05. The van der Waals surface area contributed by atoms with Crippen LogP contribution in [0.3, 0.4) is 0 Å². The minimum Gasteiger partial charge on any atom is -0.441 e. The van der Waals surface area contributed by atoms with E-state index in [0.717, 1.165) is 16.9 Å². The summed E-state index contributed by atoms with van der Waals surface area (Å²) in [7, 11) is 0. The number of ether oxygens (including phenoxy) is 1. The highest BCUT2D eigenvalue weighted by Gasteiger charge is 2.39. The normalized spacial score (nSPS) is 18.5. The smallest absolute Gasteiger partial charge is 0.416 e. The van der Waals surface area contributed by atoms with Crippen molar-refractivity contribution in [3.05, 3.63) is 41.2 Å². The van der Waals surface area contributed by atoms with Crippen LogP contribution in [0.1, 0.15) is 35.5 Å². The molecule has 9 nitrogen and oxygen atoms in total. The molecule has 2 saturated heterocycles. The molecule has 0 radical (unpaired) electrons. The lowest BCUT2D eigenvalue weighted by atomic mass is 10.1. The van der Waals surface area contributed by atoms with E-state index < -0.39 is 11.7 Å². The van der Waals surface area contributed by atoms with E-state index in [9.17, 15) is 9.59 Å². The van der Waals surface area contributed by atoms with Crippen LogP contribution in [0, 0.1) is 13.8 Å². The predicted octanol–water partition coefficient (Wildman–Crippen LogP) is 2.19. The fraction of sp³-hybridized carbons (Fsp3) is 0.476. The summed E-state index contributed by atoms with van der Waals surface area (Å²) in [5.74, 6) is 1.19. The Bertz CT molecular complexity index is 967. The van der Waals surface area contributed by atoms with Crippen LogP contribution in [0.5, 0.6) is 0 Å². The molecule has 4 heterocycles. The maximum absolute atomic E-state index is 12.8. The minimum absolute atomic E-state index is 0.161. The van der Waals surface area contributed by atoms with Gasteiger partial charge in [0.05, 0.1) is 6.54 Å². The minimum atomic E-state index is -0.572. The lowest BCUT2D eigenvalue weighted by Crippen LogP contribution is -2.49. The largest absolute Gasteiger partial charge is 0.441 e. The Morgan fingerprint density at radius 2 is 1.83 bits per heavy atom. The summed E-state index contributed by atoms with van der Waals surface area (Å²) in [6, 6.07) is 5.37. The molecule has 0 saturated carbocycles. The number of amides is 2. The second-order valence-corrected chi connectivity index (χ2v) is 8.42. The van der Waals surface area contributed by atoms with Crippen molar-refractivity contribution < 1.29 is 14.3 Å². The highest BCUT2D eigenvalue weighted by molar-refractivity contribution is 5.93. The van der Waals surface area contributed by atoms with Gasteiger partial charge < -0.3 is 14.5 Å². The van der Waals surface area contributed by atoms with E-state index in [-0.39, 0.29) is 11.6 Å². The fourth-order valence-corrected chi connectivity index (χ4v) is 3.85. The van der Waals surface area contributed by atoms with E-state index in [1.54, 1.807) is 17.0 Å². The maximum Gasteiger partial charge on any atom is 0.416 e. The maximum atomic E-state index is 12.8. The Balaban J connectivity index is 1.39. The first-order valence-electron chi connectivity index (χ1n) is 10.1. The molecule has 0 aromatic carbocycles. The molecular formula is C21H26N6O3. The zero-order chi connectivity index (χ0) is 21.5. The number of carbonyl (C=O) groups excluding carboxylic acids is 2. The number of rotatable bonds is 3. The van der Waals surface area contributed by atoms with Gasteiger partial charge in [-0.05, 0) is 51.0 Å². The average Bonchev–Trinajstić information content (AvgIpc) is 3.00. The highest BCUT2D eigenvalue weighted by atomic mass is 16.6. The lowest BCUT2D eigenvalue weighted by molar-refractivity contribution is 0.0739. The summed E-state index contributed by atoms with van der Waals surface area (Å²) in [5, 5.41) is 8.15. The molecule has 2 aromatic heterocycles. The Hall–Kier alpha value is -3.23. The van der Waals surface area contributed by atoms with E-state index in [4.69, 9.17) is 4.74 Å². The number of hydrogen-bond acceptors (Lipinski definition) is 7. The van der Waals surface area contributed by atoms with Crippen molar-refractivity contribution in [1.29, 1.82) is 0 Å². The van der Waals surface area contributed by atoms with Crippen LogP contribution in [0.25, 0.3) is 0 Å². The molecule has 0 atom stereocenters. The first kappa shape index (κ1) is 20.1. The molecule has 2 aliphatic heterocycles. The molecule has 0 N–H and O–H groups in total. The zero-order valence-electron chi connectivity index (χ0n) is 17.8. The van der Waals surface area contributed by atoms with Crippen LogP contribution in [-0.2, 0) is 4.74 Å². The molecule has 2 amide bonds. The van der Waals surface area contributed by atoms with Gasteiger partial charge in [-0.25, -0.2) is 9.78 Å². The van der Waals surface area contributed by atoms with Crippen molar-refractivity contribution in [2.24, 2.45) is 0 Å². The van der Waals surface area contributed by atoms with Crippen LogP contribution in [0.4, 0.5) is 16.4 Å². The third kappa shape index (κ3) is 3.92. The molecule has 4 rings (SSSR count). The van der Waals surface area contributed by atoms with Crippen molar-refractivity contribution in [3.8, 4) is 0 Å². The molecule has 0 unspecified atom stereocenters. The number of cyclic esters (lactones) is 1. The molecule has 158 valence electrons. The van der Waals surface area contributed by atoms with Crippen LogP contribution < -0.4 is 9.80 Å². The van der Waals surface area contributed by atoms with Gasteiger partial charge in [0.1, 0.15) is 11.4 Å². The van der Waals surface area contributed by atoms with Gasteiger partial charge in [-0.2, -0.15) is 0 Å². The Morgan fingerprint density at radius 1 is 1.10 bits per heavy atom. The van der Waals surface area contributed by atoms with Crippen molar-refractivity contribution in [2.75, 3.05) is 42.5 Å². The number of aryl methyl sites for hydroxylation is 2. The number of carbonyl (C=O) groups is 2. The van der Waals surface area contributed by atoms with Gasteiger partial charge in [0.25, 0.3) is 5.91 Å².